The second-order valence-electron chi connectivity index (χ2n) is 2.66. The molecule has 1 aliphatic heterocycles. The smallest absolute Gasteiger partial charge is 0.135 e. The van der Waals surface area contributed by atoms with Crippen LogP contribution in [0.5, 0.6) is 0 Å². The Morgan fingerprint density at radius 2 is 1.56 bits per heavy atom. The molecule has 1 heterocycles. The molecule has 1 rings (SSSR count). The molecule has 1 radical (unpaired) electrons. The van der Waals surface area contributed by atoms with Crippen molar-refractivity contribution in [3.8, 4) is 0 Å². The predicted molar refractivity (Wildman–Crippen MR) is 35.6 cm³/mol. The first-order chi connectivity index (χ1) is 4.43. The predicted octanol–water partition coefficient (Wildman–Crippen LogP) is 1.25. The Hall–Kier alpha value is -0.0800. The van der Waals surface area contributed by atoms with Crippen molar-refractivity contribution in [2.45, 2.75) is 25.7 Å². The van der Waals surface area contributed by atoms with Gasteiger partial charge in [0, 0.05) is 13.1 Å². The molecule has 0 aromatic heterocycles. The Labute approximate surface area is 56.5 Å². The third-order valence-electron chi connectivity index (χ3n) is 1.88. The Bertz CT molecular complexity index is 67.3. The van der Waals surface area contributed by atoms with Gasteiger partial charge in [0.2, 0.25) is 0 Å². The molecule has 53 valence electrons. The molecule has 1 aliphatic rings. The van der Waals surface area contributed by atoms with E-state index in [2.05, 4.69) is 0 Å². The molecule has 0 amide bonds. The Kier molecular flexibility index (Phi) is 3.01. The zero-order valence-electron chi connectivity index (χ0n) is 5.81. The fourth-order valence-electron chi connectivity index (χ4n) is 1.27. The molecule has 0 bridgehead atoms. The van der Waals surface area contributed by atoms with Gasteiger partial charge in [0.25, 0.3) is 0 Å². The fraction of sp³-hybridized carbons (Fsp3) is 1.00. The normalized spacial score (nSPS) is 23.7. The van der Waals surface area contributed by atoms with Crippen LogP contribution in [0.25, 0.3) is 0 Å². The first-order valence-corrected chi connectivity index (χ1v) is 3.74. The van der Waals surface area contributed by atoms with Gasteiger partial charge in [-0.15, -0.1) is 0 Å². The van der Waals surface area contributed by atoms with E-state index in [1.165, 1.54) is 25.7 Å². The maximum atomic E-state index is 10.4. The molecule has 1 fully saturated rings. The summed E-state index contributed by atoms with van der Waals surface area (Å²) in [6, 6.07) is 0. The van der Waals surface area contributed by atoms with Crippen LogP contribution in [0, 0.1) is 0 Å². The van der Waals surface area contributed by atoms with E-state index in [4.69, 9.17) is 0 Å². The number of hydrogen-bond acceptors (Lipinski definition) is 1. The average molecular weight is 128 g/mol. The maximum absolute atomic E-state index is 10.4. The zero-order valence-corrected chi connectivity index (χ0v) is 5.81. The molecule has 2 heteroatoms. The van der Waals surface area contributed by atoms with Crippen LogP contribution in [0.4, 0.5) is 0 Å². The molecule has 2 nitrogen and oxygen atoms in total. The molecule has 0 aliphatic carbocycles. The SMILES string of the molecule is [O]CN1CCCCCC1. The van der Waals surface area contributed by atoms with E-state index in [0.29, 0.717) is 0 Å². The molecule has 0 aromatic carbocycles. The van der Waals surface area contributed by atoms with Crippen molar-refractivity contribution in [1.29, 1.82) is 0 Å². The van der Waals surface area contributed by atoms with Gasteiger partial charge in [-0.25, -0.2) is 5.11 Å². The van der Waals surface area contributed by atoms with Gasteiger partial charge in [0.15, 0.2) is 0 Å². The van der Waals surface area contributed by atoms with Gasteiger partial charge in [-0.2, -0.15) is 0 Å². The first-order valence-electron chi connectivity index (χ1n) is 3.74. The minimum absolute atomic E-state index is 0. The molecule has 0 spiro atoms. The summed E-state index contributed by atoms with van der Waals surface area (Å²) >= 11 is 0. The van der Waals surface area contributed by atoms with Gasteiger partial charge in [-0.1, -0.05) is 12.8 Å². The molecule has 0 N–H and O–H groups in total. The number of likely N-dealkylation sites (tertiary alicyclic amines) is 1. The second kappa shape index (κ2) is 3.85. The summed E-state index contributed by atoms with van der Waals surface area (Å²) in [5.74, 6) is 0. The molecular weight excluding hydrogens is 114 g/mol. The minimum atomic E-state index is 0. The van der Waals surface area contributed by atoms with E-state index in [0.717, 1.165) is 13.1 Å². The average Bonchev–Trinajstić information content (AvgIpc) is 2.13. The molecule has 0 unspecified atom stereocenters. The van der Waals surface area contributed by atoms with E-state index >= 15 is 0 Å². The van der Waals surface area contributed by atoms with Crippen molar-refractivity contribution in [1.82, 2.24) is 4.90 Å². The van der Waals surface area contributed by atoms with Crippen LogP contribution >= 0.6 is 0 Å². The molecular formula is C7H14NO. The van der Waals surface area contributed by atoms with Crippen molar-refractivity contribution in [3.05, 3.63) is 0 Å². The highest BCUT2D eigenvalue weighted by atomic mass is 16.3. The largest absolute Gasteiger partial charge is 0.278 e. The van der Waals surface area contributed by atoms with E-state index in [9.17, 15) is 5.11 Å². The van der Waals surface area contributed by atoms with E-state index in [-0.39, 0.29) is 6.73 Å². The molecule has 0 aromatic rings. The summed E-state index contributed by atoms with van der Waals surface area (Å²) in [6.07, 6.45) is 5.08. The lowest BCUT2D eigenvalue weighted by Crippen LogP contribution is -2.24. The van der Waals surface area contributed by atoms with Crippen molar-refractivity contribution in [2.24, 2.45) is 0 Å². The van der Waals surface area contributed by atoms with Gasteiger partial charge in [-0.05, 0) is 12.8 Å². The Balaban J connectivity index is 2.18. The summed E-state index contributed by atoms with van der Waals surface area (Å²) < 4.78 is 0. The lowest BCUT2D eigenvalue weighted by Gasteiger charge is -2.13. The van der Waals surface area contributed by atoms with E-state index in [1.54, 1.807) is 0 Å². The quantitative estimate of drug-likeness (QED) is 0.521. The number of nitrogens with zero attached hydrogens (tertiary/aromatic N) is 1. The van der Waals surface area contributed by atoms with E-state index in [1.807, 2.05) is 4.90 Å². The highest BCUT2D eigenvalue weighted by molar-refractivity contribution is 4.58. The van der Waals surface area contributed by atoms with Crippen molar-refractivity contribution < 1.29 is 5.11 Å². The van der Waals surface area contributed by atoms with Crippen molar-refractivity contribution in [3.63, 3.8) is 0 Å². The molecule has 1 saturated heterocycles. The van der Waals surface area contributed by atoms with Gasteiger partial charge in [-0.3, -0.25) is 4.90 Å². The Morgan fingerprint density at radius 1 is 1.00 bits per heavy atom. The second-order valence-corrected chi connectivity index (χ2v) is 2.66. The Morgan fingerprint density at radius 3 is 2.00 bits per heavy atom. The van der Waals surface area contributed by atoms with E-state index < -0.39 is 0 Å². The van der Waals surface area contributed by atoms with Gasteiger partial charge in [0.1, 0.15) is 6.73 Å². The van der Waals surface area contributed by atoms with Crippen LogP contribution in [0.15, 0.2) is 0 Å². The molecule has 9 heavy (non-hydrogen) atoms. The third-order valence-corrected chi connectivity index (χ3v) is 1.88. The highest BCUT2D eigenvalue weighted by Gasteiger charge is 2.06. The van der Waals surface area contributed by atoms with Crippen LogP contribution in [-0.4, -0.2) is 24.7 Å². The summed E-state index contributed by atoms with van der Waals surface area (Å²) in [6.45, 7) is 2.06. The van der Waals surface area contributed by atoms with Crippen molar-refractivity contribution >= 4 is 0 Å². The topological polar surface area (TPSA) is 23.1 Å². The van der Waals surface area contributed by atoms with Gasteiger partial charge in [0.05, 0.1) is 0 Å². The van der Waals surface area contributed by atoms with Crippen LogP contribution in [0.2, 0.25) is 0 Å². The standard InChI is InChI=1S/C7H14NO/c9-7-8-5-3-1-2-4-6-8/h1-7H2. The molecule has 0 atom stereocenters. The van der Waals surface area contributed by atoms with Crippen LogP contribution in [-0.2, 0) is 5.11 Å². The number of hydrogen-bond donors (Lipinski definition) is 0. The molecule has 0 saturated carbocycles. The highest BCUT2D eigenvalue weighted by Crippen LogP contribution is 2.07. The minimum Gasteiger partial charge on any atom is -0.278 e. The summed E-state index contributed by atoms with van der Waals surface area (Å²) in [4.78, 5) is 1.99. The summed E-state index contributed by atoms with van der Waals surface area (Å²) in [5.41, 5.74) is 0. The maximum Gasteiger partial charge on any atom is 0.135 e. The van der Waals surface area contributed by atoms with Crippen molar-refractivity contribution in [2.75, 3.05) is 19.8 Å². The van der Waals surface area contributed by atoms with Crippen LogP contribution < -0.4 is 0 Å². The monoisotopic (exact) mass is 128 g/mol. The van der Waals surface area contributed by atoms with Gasteiger partial charge >= 0.3 is 0 Å². The van der Waals surface area contributed by atoms with Crippen LogP contribution in [0.3, 0.4) is 0 Å². The fourth-order valence-corrected chi connectivity index (χ4v) is 1.27. The summed E-state index contributed by atoms with van der Waals surface area (Å²) in [5, 5.41) is 10.4. The van der Waals surface area contributed by atoms with Crippen LogP contribution in [0.1, 0.15) is 25.7 Å². The number of rotatable bonds is 1. The lowest BCUT2D eigenvalue weighted by molar-refractivity contribution is 0.0538. The first kappa shape index (κ1) is 7.03. The van der Waals surface area contributed by atoms with Gasteiger partial charge < -0.3 is 0 Å². The summed E-state index contributed by atoms with van der Waals surface area (Å²) in [7, 11) is 0. The zero-order chi connectivity index (χ0) is 6.53. The lowest BCUT2D eigenvalue weighted by atomic mass is 10.2. The third kappa shape index (κ3) is 2.33.